The van der Waals surface area contributed by atoms with E-state index in [-0.39, 0.29) is 24.3 Å². The number of carbonyl (C=O) groups excluding carboxylic acids is 1. The molecule has 3 aromatic rings. The molecule has 1 amide bonds. The monoisotopic (exact) mass is 487 g/mol. The summed E-state index contributed by atoms with van der Waals surface area (Å²) in [6.07, 6.45) is -1.85. The lowest BCUT2D eigenvalue weighted by molar-refractivity contribution is -0.142. The normalized spacial score (nSPS) is 15.0. The highest BCUT2D eigenvalue weighted by Gasteiger charge is 2.35. The number of carbonyl (C=O) groups is 1. The fraction of sp³-hybridized carbons (Fsp3) is 0.316. The van der Waals surface area contributed by atoms with Crippen LogP contribution in [0.5, 0.6) is 0 Å². The van der Waals surface area contributed by atoms with Crippen LogP contribution in [0.15, 0.2) is 47.8 Å². The average molecular weight is 487 g/mol. The van der Waals surface area contributed by atoms with E-state index in [2.05, 4.69) is 10.2 Å². The summed E-state index contributed by atoms with van der Waals surface area (Å²) in [6, 6.07) is 5.57. The van der Waals surface area contributed by atoms with Crippen LogP contribution in [0.4, 0.5) is 17.6 Å². The Morgan fingerprint density at radius 3 is 2.55 bits per heavy atom. The first-order valence-corrected chi connectivity index (χ1v) is 11.0. The molecule has 0 fully saturated rings. The Bertz CT molecular complexity index is 1280. The molecule has 0 unspecified atom stereocenters. The summed E-state index contributed by atoms with van der Waals surface area (Å²) in [7, 11) is -4.30. The molecule has 9 nitrogen and oxygen atoms in total. The highest BCUT2D eigenvalue weighted by atomic mass is 32.2. The second kappa shape index (κ2) is 8.26. The van der Waals surface area contributed by atoms with Crippen molar-refractivity contribution < 1.29 is 35.9 Å². The van der Waals surface area contributed by atoms with Crippen LogP contribution in [0, 0.1) is 5.82 Å². The number of aliphatic hydroxyl groups excluding tert-OH is 1. The van der Waals surface area contributed by atoms with Crippen LogP contribution < -0.4 is 0 Å². The van der Waals surface area contributed by atoms with Gasteiger partial charge in [-0.2, -0.15) is 35.9 Å². The lowest BCUT2D eigenvalue weighted by Gasteiger charge is -2.22. The van der Waals surface area contributed by atoms with E-state index in [0.29, 0.717) is 14.3 Å². The van der Waals surface area contributed by atoms with E-state index in [4.69, 9.17) is 0 Å². The zero-order valence-corrected chi connectivity index (χ0v) is 17.6. The Labute approximate surface area is 184 Å². The molecule has 4 rings (SSSR count). The molecule has 0 spiro atoms. The van der Waals surface area contributed by atoms with E-state index in [0.717, 1.165) is 18.6 Å². The van der Waals surface area contributed by atoms with Crippen molar-refractivity contribution in [3.8, 4) is 0 Å². The zero-order valence-electron chi connectivity index (χ0n) is 16.8. The van der Waals surface area contributed by atoms with E-state index < -0.39 is 51.9 Å². The molecule has 1 aliphatic rings. The second-order valence-electron chi connectivity index (χ2n) is 7.42. The number of rotatable bonds is 6. The number of hydrogen-bond donors (Lipinski definition) is 1. The Balaban J connectivity index is 1.51. The Morgan fingerprint density at radius 1 is 1.18 bits per heavy atom. The van der Waals surface area contributed by atoms with Crippen LogP contribution in [0.3, 0.4) is 0 Å². The Kier molecular flexibility index (Phi) is 5.74. The predicted molar refractivity (Wildman–Crippen MR) is 104 cm³/mol. The van der Waals surface area contributed by atoms with Crippen LogP contribution in [-0.2, 0) is 34.5 Å². The third kappa shape index (κ3) is 4.48. The molecule has 0 bridgehead atoms. The van der Waals surface area contributed by atoms with Crippen LogP contribution >= 0.6 is 0 Å². The summed E-state index contributed by atoms with van der Waals surface area (Å²) in [5.41, 5.74) is 0.706. The fourth-order valence-corrected chi connectivity index (χ4v) is 4.67. The van der Waals surface area contributed by atoms with E-state index in [1.54, 1.807) is 6.07 Å². The van der Waals surface area contributed by atoms with Gasteiger partial charge in [-0.15, -0.1) is 0 Å². The van der Waals surface area contributed by atoms with Gasteiger partial charge in [-0.3, -0.25) is 9.48 Å². The molecule has 1 aromatic carbocycles. The molecular weight excluding hydrogens is 470 g/mol. The lowest BCUT2D eigenvalue weighted by Crippen LogP contribution is -2.33. The number of halogens is 4. The van der Waals surface area contributed by atoms with Gasteiger partial charge in [0.2, 0.25) is 5.91 Å². The quantitative estimate of drug-likeness (QED) is 0.530. The smallest absolute Gasteiger partial charge is 0.395 e. The number of amides is 1. The first-order valence-electron chi connectivity index (χ1n) is 9.56. The molecular formula is C19H17F4N5O4S. The van der Waals surface area contributed by atoms with Crippen molar-refractivity contribution in [1.82, 2.24) is 23.9 Å². The molecule has 1 N–H and O–H groups in total. The maximum Gasteiger partial charge on any atom is 0.408 e. The molecule has 1 aliphatic heterocycles. The van der Waals surface area contributed by atoms with Gasteiger partial charge in [-0.05, 0) is 6.07 Å². The van der Waals surface area contributed by atoms with E-state index >= 15 is 0 Å². The molecule has 2 aromatic heterocycles. The van der Waals surface area contributed by atoms with Crippen molar-refractivity contribution in [1.29, 1.82) is 0 Å². The summed E-state index contributed by atoms with van der Waals surface area (Å²) < 4.78 is 78.1. The van der Waals surface area contributed by atoms with Crippen molar-refractivity contribution >= 4 is 15.9 Å². The molecule has 0 saturated carbocycles. The van der Waals surface area contributed by atoms with Crippen LogP contribution in [0.25, 0.3) is 0 Å². The molecule has 176 valence electrons. The minimum Gasteiger partial charge on any atom is -0.395 e. The number of alkyl halides is 3. The molecule has 0 saturated heterocycles. The van der Waals surface area contributed by atoms with Crippen molar-refractivity contribution in [2.24, 2.45) is 0 Å². The zero-order chi connectivity index (χ0) is 24.0. The number of aromatic nitrogens is 4. The summed E-state index contributed by atoms with van der Waals surface area (Å²) in [5, 5.41) is 17.1. The molecule has 1 atom stereocenters. The van der Waals surface area contributed by atoms with E-state index in [9.17, 15) is 35.9 Å². The van der Waals surface area contributed by atoms with Gasteiger partial charge in [0.05, 0.1) is 31.0 Å². The highest BCUT2D eigenvalue weighted by Crippen LogP contribution is 2.29. The van der Waals surface area contributed by atoms with Gasteiger partial charge < -0.3 is 10.0 Å². The number of hydrogen-bond acceptors (Lipinski definition) is 6. The molecule has 3 heterocycles. The Morgan fingerprint density at radius 2 is 1.91 bits per heavy atom. The maximum absolute atomic E-state index is 14.1. The maximum atomic E-state index is 14.1. The predicted octanol–water partition coefficient (Wildman–Crippen LogP) is 1.64. The van der Waals surface area contributed by atoms with E-state index in [1.165, 1.54) is 23.1 Å². The molecule has 14 heteroatoms. The van der Waals surface area contributed by atoms with Gasteiger partial charge >= 0.3 is 6.18 Å². The van der Waals surface area contributed by atoms with Crippen molar-refractivity contribution in [2.45, 2.75) is 36.6 Å². The number of aliphatic hydroxyl groups is 1. The third-order valence-electron chi connectivity index (χ3n) is 5.13. The molecule has 33 heavy (non-hydrogen) atoms. The Hall–Kier alpha value is -3.26. The molecule has 0 aliphatic carbocycles. The van der Waals surface area contributed by atoms with Gasteiger partial charge in [0.15, 0.2) is 0 Å². The van der Waals surface area contributed by atoms with Crippen molar-refractivity contribution in [2.75, 3.05) is 6.61 Å². The first-order chi connectivity index (χ1) is 15.5. The van der Waals surface area contributed by atoms with Gasteiger partial charge in [0.25, 0.3) is 10.0 Å². The topological polar surface area (TPSA) is 110 Å². The third-order valence-corrected chi connectivity index (χ3v) is 6.61. The van der Waals surface area contributed by atoms with Crippen LogP contribution in [-0.4, -0.2) is 56.1 Å². The summed E-state index contributed by atoms with van der Waals surface area (Å²) >= 11 is 0. The standard InChI is InChI=1S/C19H17F4N5O4S/c20-16-4-2-1-3-14(16)15(10-29)18(30)26-6-12-7-28(25-17(12)9-26)33(31,32)13-5-24-27(8-13)11-19(21,22)23/h1-5,7-8,15,29H,6,9-11H2/t15-/m1/s1. The fourth-order valence-electron chi connectivity index (χ4n) is 3.55. The van der Waals surface area contributed by atoms with Crippen molar-refractivity contribution in [3.63, 3.8) is 0 Å². The summed E-state index contributed by atoms with van der Waals surface area (Å²) in [6.45, 7) is -2.16. The number of nitrogens with zero attached hydrogens (tertiary/aromatic N) is 5. The number of benzene rings is 1. The SMILES string of the molecule is O=C([C@H](CO)c1ccccc1F)N1Cc2cn(S(=O)(=O)c3cnn(CC(F)(F)F)c3)nc2C1. The second-order valence-corrected chi connectivity index (χ2v) is 9.21. The minimum absolute atomic E-state index is 0.0258. The highest BCUT2D eigenvalue weighted by molar-refractivity contribution is 7.89. The molecule has 0 radical (unpaired) electrons. The van der Waals surface area contributed by atoms with E-state index in [1.807, 2.05) is 0 Å². The van der Waals surface area contributed by atoms with Gasteiger partial charge in [0.1, 0.15) is 17.3 Å². The van der Waals surface area contributed by atoms with Crippen molar-refractivity contribution in [3.05, 3.63) is 65.5 Å². The van der Waals surface area contributed by atoms with Gasteiger partial charge in [0, 0.05) is 30.1 Å². The van der Waals surface area contributed by atoms with Crippen LogP contribution in [0.2, 0.25) is 0 Å². The van der Waals surface area contributed by atoms with Gasteiger partial charge in [-0.25, -0.2) is 4.39 Å². The lowest BCUT2D eigenvalue weighted by atomic mass is 9.98. The van der Waals surface area contributed by atoms with Crippen LogP contribution in [0.1, 0.15) is 22.7 Å². The summed E-state index contributed by atoms with van der Waals surface area (Å²) in [5.74, 6) is -2.32. The first kappa shape index (κ1) is 22.9. The van der Waals surface area contributed by atoms with Gasteiger partial charge in [-0.1, -0.05) is 18.2 Å². The number of fused-ring (bicyclic) bond motifs is 1. The minimum atomic E-state index is -4.56. The average Bonchev–Trinajstić information content (AvgIpc) is 3.43. The largest absolute Gasteiger partial charge is 0.408 e. The summed E-state index contributed by atoms with van der Waals surface area (Å²) in [4.78, 5) is 13.7.